The molecule has 122 valence electrons. The van der Waals surface area contributed by atoms with E-state index in [1.54, 1.807) is 19.4 Å². The third-order valence-corrected chi connectivity index (χ3v) is 4.26. The molecule has 0 fully saturated rings. The van der Waals surface area contributed by atoms with Crippen molar-refractivity contribution < 1.29 is 4.74 Å². The Hall–Kier alpha value is -2.14. The summed E-state index contributed by atoms with van der Waals surface area (Å²) in [5.41, 5.74) is 2.65. The first-order chi connectivity index (χ1) is 11.3. The maximum atomic E-state index is 11.8. The zero-order valence-corrected chi connectivity index (χ0v) is 13.5. The summed E-state index contributed by atoms with van der Waals surface area (Å²) < 4.78 is 7.58. The van der Waals surface area contributed by atoms with E-state index in [4.69, 9.17) is 4.74 Å². The molecule has 0 radical (unpaired) electrons. The van der Waals surface area contributed by atoms with Crippen molar-refractivity contribution in [3.05, 3.63) is 58.1 Å². The SMILES string of the molecule is Cn1ccnc(NCCCOC2CCCc3ccccc32)c1=O. The molecule has 0 saturated heterocycles. The molecular formula is C18H23N3O2. The summed E-state index contributed by atoms with van der Waals surface area (Å²) in [4.78, 5) is 15.9. The number of ether oxygens (including phenoxy) is 1. The van der Waals surface area contributed by atoms with Crippen molar-refractivity contribution in [1.29, 1.82) is 0 Å². The fraction of sp³-hybridized carbons (Fsp3) is 0.444. The fourth-order valence-electron chi connectivity index (χ4n) is 3.01. The highest BCUT2D eigenvalue weighted by Crippen LogP contribution is 2.32. The molecule has 3 rings (SSSR count). The molecule has 0 aliphatic heterocycles. The molecule has 0 spiro atoms. The molecule has 0 amide bonds. The first-order valence-corrected chi connectivity index (χ1v) is 8.20. The van der Waals surface area contributed by atoms with E-state index in [0.717, 1.165) is 19.3 Å². The minimum Gasteiger partial charge on any atom is -0.373 e. The summed E-state index contributed by atoms with van der Waals surface area (Å²) in [5, 5.41) is 3.09. The van der Waals surface area contributed by atoms with Crippen LogP contribution >= 0.6 is 0 Å². The Kier molecular flexibility index (Phi) is 5.08. The highest BCUT2D eigenvalue weighted by Gasteiger charge is 2.19. The topological polar surface area (TPSA) is 56.1 Å². The lowest BCUT2D eigenvalue weighted by atomic mass is 9.89. The van der Waals surface area contributed by atoms with Crippen molar-refractivity contribution >= 4 is 5.82 Å². The minimum absolute atomic E-state index is 0.102. The van der Waals surface area contributed by atoms with Crippen LogP contribution in [0.2, 0.25) is 0 Å². The van der Waals surface area contributed by atoms with Gasteiger partial charge in [0.05, 0.1) is 6.10 Å². The first kappa shape index (κ1) is 15.7. The molecule has 5 heteroatoms. The number of fused-ring (bicyclic) bond motifs is 1. The number of rotatable bonds is 6. The Morgan fingerprint density at radius 1 is 1.39 bits per heavy atom. The van der Waals surface area contributed by atoms with E-state index >= 15 is 0 Å². The van der Waals surface area contributed by atoms with E-state index in [9.17, 15) is 4.79 Å². The maximum Gasteiger partial charge on any atom is 0.293 e. The van der Waals surface area contributed by atoms with E-state index < -0.39 is 0 Å². The second kappa shape index (κ2) is 7.42. The molecule has 23 heavy (non-hydrogen) atoms. The Labute approximate surface area is 136 Å². The van der Waals surface area contributed by atoms with Crippen LogP contribution in [0.5, 0.6) is 0 Å². The molecule has 1 aromatic carbocycles. The Balaban J connectivity index is 1.46. The van der Waals surface area contributed by atoms with Gasteiger partial charge in [0.15, 0.2) is 5.82 Å². The van der Waals surface area contributed by atoms with E-state index in [1.165, 1.54) is 22.1 Å². The standard InChI is InChI=1S/C18H23N3O2/c1-21-12-11-20-17(18(21)22)19-10-5-13-23-16-9-4-7-14-6-2-3-8-15(14)16/h2-3,6,8,11-12,16H,4-5,7,9-10,13H2,1H3,(H,19,20). The largest absolute Gasteiger partial charge is 0.373 e. The van der Waals surface area contributed by atoms with E-state index in [2.05, 4.69) is 34.6 Å². The summed E-state index contributed by atoms with van der Waals surface area (Å²) >= 11 is 0. The zero-order chi connectivity index (χ0) is 16.1. The number of aromatic nitrogens is 2. The lowest BCUT2D eigenvalue weighted by Crippen LogP contribution is -2.23. The molecule has 0 bridgehead atoms. The number of benzene rings is 1. The first-order valence-electron chi connectivity index (χ1n) is 8.20. The normalized spacial score (nSPS) is 16.8. The Bertz CT molecular complexity index is 711. The average molecular weight is 313 g/mol. The summed E-state index contributed by atoms with van der Waals surface area (Å²) in [6.07, 6.45) is 7.76. The summed E-state index contributed by atoms with van der Waals surface area (Å²) in [5.74, 6) is 0.401. The van der Waals surface area contributed by atoms with Gasteiger partial charge >= 0.3 is 0 Å². The second-order valence-corrected chi connectivity index (χ2v) is 5.92. The molecule has 1 atom stereocenters. The van der Waals surface area contributed by atoms with Crippen LogP contribution in [0.3, 0.4) is 0 Å². The molecule has 1 aliphatic rings. The van der Waals surface area contributed by atoms with Crippen LogP contribution in [0.15, 0.2) is 41.5 Å². The summed E-state index contributed by atoms with van der Waals surface area (Å²) in [7, 11) is 1.72. The quantitative estimate of drug-likeness (QED) is 0.833. The van der Waals surface area contributed by atoms with Crippen LogP contribution in [-0.2, 0) is 18.2 Å². The predicted molar refractivity (Wildman–Crippen MR) is 90.7 cm³/mol. The lowest BCUT2D eigenvalue weighted by Gasteiger charge is -2.25. The van der Waals surface area contributed by atoms with Gasteiger partial charge in [-0.25, -0.2) is 4.98 Å². The lowest BCUT2D eigenvalue weighted by molar-refractivity contribution is 0.0406. The Morgan fingerprint density at radius 2 is 2.26 bits per heavy atom. The van der Waals surface area contributed by atoms with Gasteiger partial charge in [0, 0.05) is 32.6 Å². The molecule has 2 aromatic rings. The van der Waals surface area contributed by atoms with Gasteiger partial charge in [0.2, 0.25) is 0 Å². The molecule has 1 unspecified atom stereocenters. The van der Waals surface area contributed by atoms with E-state index in [1.807, 2.05) is 0 Å². The van der Waals surface area contributed by atoms with Crippen LogP contribution < -0.4 is 10.9 Å². The van der Waals surface area contributed by atoms with Gasteiger partial charge in [0.1, 0.15) is 0 Å². The van der Waals surface area contributed by atoms with Crippen molar-refractivity contribution in [2.24, 2.45) is 7.05 Å². The maximum absolute atomic E-state index is 11.8. The number of hydrogen-bond donors (Lipinski definition) is 1. The number of nitrogens with one attached hydrogen (secondary N) is 1. The summed E-state index contributed by atoms with van der Waals surface area (Å²) in [6.45, 7) is 1.36. The van der Waals surface area contributed by atoms with Crippen LogP contribution in [0.1, 0.15) is 36.5 Å². The van der Waals surface area contributed by atoms with Gasteiger partial charge in [-0.15, -0.1) is 0 Å². The van der Waals surface area contributed by atoms with Gasteiger partial charge in [0.25, 0.3) is 5.56 Å². The fourth-order valence-corrected chi connectivity index (χ4v) is 3.01. The molecule has 1 N–H and O–H groups in total. The molecule has 1 aromatic heterocycles. The predicted octanol–water partition coefficient (Wildman–Crippen LogP) is 2.68. The highest BCUT2D eigenvalue weighted by atomic mass is 16.5. The third-order valence-electron chi connectivity index (χ3n) is 4.26. The number of nitrogens with zero attached hydrogens (tertiary/aromatic N) is 2. The minimum atomic E-state index is -0.102. The second-order valence-electron chi connectivity index (χ2n) is 5.92. The van der Waals surface area contributed by atoms with Crippen molar-refractivity contribution in [3.8, 4) is 0 Å². The number of aryl methyl sites for hydroxylation is 2. The van der Waals surface area contributed by atoms with Gasteiger partial charge in [-0.3, -0.25) is 4.79 Å². The number of hydrogen-bond acceptors (Lipinski definition) is 4. The highest BCUT2D eigenvalue weighted by molar-refractivity contribution is 5.31. The molecule has 1 heterocycles. The molecule has 1 aliphatic carbocycles. The van der Waals surface area contributed by atoms with Gasteiger partial charge < -0.3 is 14.6 Å². The van der Waals surface area contributed by atoms with Crippen LogP contribution in [0.4, 0.5) is 5.82 Å². The number of anilines is 1. The van der Waals surface area contributed by atoms with Crippen molar-refractivity contribution in [3.63, 3.8) is 0 Å². The van der Waals surface area contributed by atoms with Crippen molar-refractivity contribution in [1.82, 2.24) is 9.55 Å². The monoisotopic (exact) mass is 313 g/mol. The smallest absolute Gasteiger partial charge is 0.293 e. The van der Waals surface area contributed by atoms with E-state index in [-0.39, 0.29) is 11.7 Å². The van der Waals surface area contributed by atoms with Gasteiger partial charge in [-0.2, -0.15) is 0 Å². The van der Waals surface area contributed by atoms with Gasteiger partial charge in [-0.1, -0.05) is 24.3 Å². The molecule has 5 nitrogen and oxygen atoms in total. The molecule has 0 saturated carbocycles. The van der Waals surface area contributed by atoms with Gasteiger partial charge in [-0.05, 0) is 36.8 Å². The summed E-state index contributed by atoms with van der Waals surface area (Å²) in [6, 6.07) is 8.55. The van der Waals surface area contributed by atoms with Crippen molar-refractivity contribution in [2.45, 2.75) is 31.8 Å². The van der Waals surface area contributed by atoms with E-state index in [0.29, 0.717) is 19.0 Å². The Morgan fingerprint density at radius 3 is 3.17 bits per heavy atom. The van der Waals surface area contributed by atoms with Crippen molar-refractivity contribution in [2.75, 3.05) is 18.5 Å². The zero-order valence-electron chi connectivity index (χ0n) is 13.5. The van der Waals surface area contributed by atoms with Crippen LogP contribution in [0, 0.1) is 0 Å². The molecular weight excluding hydrogens is 290 g/mol. The van der Waals surface area contributed by atoms with Crippen LogP contribution in [0.25, 0.3) is 0 Å². The third kappa shape index (κ3) is 3.79. The average Bonchev–Trinajstić information content (AvgIpc) is 2.58. The van der Waals surface area contributed by atoms with Crippen LogP contribution in [-0.4, -0.2) is 22.7 Å².